The van der Waals surface area contributed by atoms with Gasteiger partial charge in [0, 0.05) is 11.8 Å². The van der Waals surface area contributed by atoms with Gasteiger partial charge in [0.2, 0.25) is 5.91 Å². The fourth-order valence-corrected chi connectivity index (χ4v) is 2.80. The van der Waals surface area contributed by atoms with Crippen LogP contribution >= 0.6 is 0 Å². The second-order valence-electron chi connectivity index (χ2n) is 5.20. The number of hydrogen-bond acceptors (Lipinski definition) is 4. The average Bonchev–Trinajstić information content (AvgIpc) is 2.43. The van der Waals surface area contributed by atoms with Crippen LogP contribution in [0, 0.1) is 0 Å². The van der Waals surface area contributed by atoms with Gasteiger partial charge in [-0.2, -0.15) is 13.2 Å². The summed E-state index contributed by atoms with van der Waals surface area (Å²) in [5, 5.41) is 0.367. The molecule has 1 rings (SSSR count). The van der Waals surface area contributed by atoms with Crippen LogP contribution in [0.4, 0.5) is 18.9 Å². The molecule has 9 heteroatoms. The van der Waals surface area contributed by atoms with E-state index in [0.29, 0.717) is 0 Å². The molecule has 5 nitrogen and oxygen atoms in total. The van der Waals surface area contributed by atoms with E-state index >= 15 is 0 Å². The molecule has 0 spiro atoms. The molecule has 23 heavy (non-hydrogen) atoms. The van der Waals surface area contributed by atoms with Crippen LogP contribution in [0.2, 0.25) is 0 Å². The number of halogens is 3. The number of rotatable bonds is 6. The second kappa shape index (κ2) is 7.20. The molecule has 1 aromatic carbocycles. The van der Waals surface area contributed by atoms with Crippen LogP contribution < -0.4 is 10.1 Å². The molecular weight excluding hydrogens is 335 g/mol. The molecule has 1 amide bonds. The number of nitrogens with one attached hydrogen (secondary N) is 1. The number of sulfone groups is 1. The van der Waals surface area contributed by atoms with Crippen LogP contribution in [0.15, 0.2) is 24.3 Å². The van der Waals surface area contributed by atoms with Crippen molar-refractivity contribution in [3.63, 3.8) is 0 Å². The summed E-state index contributed by atoms with van der Waals surface area (Å²) in [5.74, 6) is -0.842. The van der Waals surface area contributed by atoms with Gasteiger partial charge in [-0.15, -0.1) is 0 Å². The summed E-state index contributed by atoms with van der Waals surface area (Å²) in [6.07, 6.45) is -4.47. The monoisotopic (exact) mass is 353 g/mol. The summed E-state index contributed by atoms with van der Waals surface area (Å²) in [4.78, 5) is 12.0. The molecule has 0 heterocycles. The first kappa shape index (κ1) is 19.3. The molecule has 130 valence electrons. The maximum Gasteiger partial charge on any atom is 0.422 e. The number of hydrogen-bond donors (Lipinski definition) is 1. The number of carbonyl (C=O) groups excluding carboxylic acids is 1. The van der Waals surface area contributed by atoms with Gasteiger partial charge in [0.1, 0.15) is 11.0 Å². The van der Waals surface area contributed by atoms with E-state index in [1.165, 1.54) is 45.0 Å². The first-order chi connectivity index (χ1) is 10.4. The summed E-state index contributed by atoms with van der Waals surface area (Å²) in [7, 11) is -3.63. The molecule has 0 aliphatic carbocycles. The van der Waals surface area contributed by atoms with E-state index in [4.69, 9.17) is 0 Å². The molecule has 0 fully saturated rings. The van der Waals surface area contributed by atoms with Gasteiger partial charge >= 0.3 is 6.18 Å². The number of amides is 1. The van der Waals surface area contributed by atoms with Crippen molar-refractivity contribution in [2.45, 2.75) is 37.4 Å². The van der Waals surface area contributed by atoms with Crippen molar-refractivity contribution in [3.8, 4) is 5.75 Å². The lowest BCUT2D eigenvalue weighted by atomic mass is 10.3. The predicted octanol–water partition coefficient (Wildman–Crippen LogP) is 2.78. The standard InChI is InChI=1S/C14H18F3NO4S/c1-9(2)23(20,21)10(3)13(19)18-11-5-4-6-12(7-11)22-8-14(15,16)17/h4-7,9-10H,8H2,1-3H3,(H,18,19). The van der Waals surface area contributed by atoms with Crippen molar-refractivity contribution in [2.24, 2.45) is 0 Å². The van der Waals surface area contributed by atoms with Crippen molar-refractivity contribution in [1.82, 2.24) is 0 Å². The van der Waals surface area contributed by atoms with Crippen LogP contribution in [0.25, 0.3) is 0 Å². The number of benzene rings is 1. The van der Waals surface area contributed by atoms with E-state index in [1.54, 1.807) is 0 Å². The third-order valence-corrected chi connectivity index (χ3v) is 5.54. The Bertz CT molecular complexity index is 656. The van der Waals surface area contributed by atoms with Crippen LogP contribution in [-0.2, 0) is 14.6 Å². The third kappa shape index (κ3) is 5.74. The van der Waals surface area contributed by atoms with E-state index in [9.17, 15) is 26.4 Å². The highest BCUT2D eigenvalue weighted by Crippen LogP contribution is 2.22. The smallest absolute Gasteiger partial charge is 0.422 e. The summed E-state index contributed by atoms with van der Waals surface area (Å²) >= 11 is 0. The molecule has 0 saturated heterocycles. The van der Waals surface area contributed by atoms with Crippen LogP contribution in [-0.4, -0.2) is 37.6 Å². The van der Waals surface area contributed by atoms with Crippen molar-refractivity contribution in [1.29, 1.82) is 0 Å². The number of carbonyl (C=O) groups is 1. The lowest BCUT2D eigenvalue weighted by Gasteiger charge is -2.16. The first-order valence-corrected chi connectivity index (χ1v) is 8.37. The van der Waals surface area contributed by atoms with E-state index in [2.05, 4.69) is 10.1 Å². The van der Waals surface area contributed by atoms with Gasteiger partial charge in [-0.25, -0.2) is 8.42 Å². The van der Waals surface area contributed by atoms with Gasteiger partial charge in [-0.3, -0.25) is 4.79 Å². The van der Waals surface area contributed by atoms with Gasteiger partial charge in [-0.05, 0) is 32.9 Å². The third-order valence-electron chi connectivity index (χ3n) is 3.02. The minimum Gasteiger partial charge on any atom is -0.484 e. The summed E-state index contributed by atoms with van der Waals surface area (Å²) in [5.41, 5.74) is 0.153. The maximum atomic E-state index is 12.1. The average molecular weight is 353 g/mol. The molecule has 0 aromatic heterocycles. The first-order valence-electron chi connectivity index (χ1n) is 6.76. The zero-order valence-electron chi connectivity index (χ0n) is 12.8. The van der Waals surface area contributed by atoms with Crippen molar-refractivity contribution in [3.05, 3.63) is 24.3 Å². The Morgan fingerprint density at radius 2 is 1.87 bits per heavy atom. The van der Waals surface area contributed by atoms with Gasteiger partial charge in [0.25, 0.3) is 0 Å². The lowest BCUT2D eigenvalue weighted by Crippen LogP contribution is -2.36. The van der Waals surface area contributed by atoms with Gasteiger partial charge < -0.3 is 10.1 Å². The Balaban J connectivity index is 2.80. The quantitative estimate of drug-likeness (QED) is 0.854. The van der Waals surface area contributed by atoms with E-state index in [-0.39, 0.29) is 11.4 Å². The molecule has 1 unspecified atom stereocenters. The molecule has 0 radical (unpaired) electrons. The predicted molar refractivity (Wildman–Crippen MR) is 80.1 cm³/mol. The molecule has 0 bridgehead atoms. The lowest BCUT2D eigenvalue weighted by molar-refractivity contribution is -0.153. The Morgan fingerprint density at radius 1 is 1.26 bits per heavy atom. The van der Waals surface area contributed by atoms with Crippen molar-refractivity contribution in [2.75, 3.05) is 11.9 Å². The zero-order valence-corrected chi connectivity index (χ0v) is 13.7. The maximum absolute atomic E-state index is 12.1. The van der Waals surface area contributed by atoms with Crippen molar-refractivity contribution >= 4 is 21.4 Å². The molecule has 0 aliphatic heterocycles. The zero-order chi connectivity index (χ0) is 17.8. The highest BCUT2D eigenvalue weighted by Gasteiger charge is 2.31. The van der Waals surface area contributed by atoms with E-state index in [1.807, 2.05) is 0 Å². The Morgan fingerprint density at radius 3 is 2.39 bits per heavy atom. The van der Waals surface area contributed by atoms with Crippen LogP contribution in [0.5, 0.6) is 5.75 Å². The fraction of sp³-hybridized carbons (Fsp3) is 0.500. The van der Waals surface area contributed by atoms with E-state index in [0.717, 1.165) is 0 Å². The molecule has 1 atom stereocenters. The molecule has 0 aliphatic rings. The summed E-state index contributed by atoms with van der Waals surface area (Å²) in [6, 6.07) is 5.31. The summed E-state index contributed by atoms with van der Waals surface area (Å²) < 4.78 is 64.7. The molecule has 0 saturated carbocycles. The highest BCUT2D eigenvalue weighted by molar-refractivity contribution is 7.93. The summed E-state index contributed by atoms with van der Waals surface area (Å²) in [6.45, 7) is 2.73. The SMILES string of the molecule is CC(C)S(=O)(=O)C(C)C(=O)Nc1cccc(OCC(F)(F)F)c1. The number of alkyl halides is 3. The van der Waals surface area contributed by atoms with E-state index < -0.39 is 39.0 Å². The minimum atomic E-state index is -4.47. The van der Waals surface area contributed by atoms with Gasteiger partial charge in [0.05, 0.1) is 5.25 Å². The molecule has 1 aromatic rings. The Kier molecular flexibility index (Phi) is 6.04. The van der Waals surface area contributed by atoms with Crippen LogP contribution in [0.1, 0.15) is 20.8 Å². The fourth-order valence-electron chi connectivity index (χ4n) is 1.63. The molecule has 1 N–H and O–H groups in total. The van der Waals surface area contributed by atoms with Crippen LogP contribution in [0.3, 0.4) is 0 Å². The number of ether oxygens (including phenoxy) is 1. The minimum absolute atomic E-state index is 0.0838. The second-order valence-corrected chi connectivity index (χ2v) is 8.03. The highest BCUT2D eigenvalue weighted by atomic mass is 32.2. The molecular formula is C14H18F3NO4S. The van der Waals surface area contributed by atoms with Gasteiger partial charge in [0.15, 0.2) is 16.4 Å². The normalized spacial score (nSPS) is 13.7. The Labute approximate surface area is 132 Å². The topological polar surface area (TPSA) is 72.5 Å². The number of anilines is 1. The van der Waals surface area contributed by atoms with Crippen molar-refractivity contribution < 1.29 is 31.1 Å². The van der Waals surface area contributed by atoms with Gasteiger partial charge in [-0.1, -0.05) is 6.07 Å². The largest absolute Gasteiger partial charge is 0.484 e. The Hall–Kier alpha value is -1.77.